The van der Waals surface area contributed by atoms with E-state index in [0.717, 1.165) is 6.33 Å². The highest BCUT2D eigenvalue weighted by atomic mass is 31.2. The minimum Gasteiger partial charge on any atom is -0.387 e. The van der Waals surface area contributed by atoms with E-state index in [1.807, 2.05) is 5.43 Å². The van der Waals surface area contributed by atoms with Gasteiger partial charge in [0.1, 0.15) is 35.6 Å². The van der Waals surface area contributed by atoms with Crippen LogP contribution in [-0.4, -0.2) is 64.9 Å². The molecule has 15 heteroatoms. The van der Waals surface area contributed by atoms with Crippen molar-refractivity contribution < 1.29 is 38.6 Å². The number of phosphoric ester groups is 1. The number of hydrogen-bond donors (Lipinski definition) is 7. The molecule has 0 spiro atoms. The number of carbonyl (C=O) groups is 1. The summed E-state index contributed by atoms with van der Waals surface area (Å²) in [6, 6.07) is 0. The number of aromatic nitrogens is 3. The molecule has 4 atom stereocenters. The van der Waals surface area contributed by atoms with Gasteiger partial charge in [0.15, 0.2) is 6.23 Å². The van der Waals surface area contributed by atoms with Crippen molar-refractivity contribution in [2.75, 3.05) is 12.3 Å². The molecule has 2 aromatic rings. The molecule has 0 bridgehead atoms. The lowest BCUT2D eigenvalue weighted by Gasteiger charge is -2.27. The third-order valence-corrected chi connectivity index (χ3v) is 4.98. The number of nitrogens with one attached hydrogen (secondary N) is 1. The summed E-state index contributed by atoms with van der Waals surface area (Å²) in [5.41, 5.74) is 6.23. The van der Waals surface area contributed by atoms with Gasteiger partial charge in [-0.2, -0.15) is 0 Å². The summed E-state index contributed by atoms with van der Waals surface area (Å²) in [4.78, 5) is 37.1. The average molecular weight is 442 g/mol. The Balaban J connectivity index is 2.05. The molecule has 1 fully saturated rings. The van der Waals surface area contributed by atoms with Crippen molar-refractivity contribution in [2.45, 2.75) is 31.0 Å². The van der Waals surface area contributed by atoms with Crippen molar-refractivity contribution in [3.05, 3.63) is 18.1 Å². The molecule has 0 aliphatic carbocycles. The molecule has 3 heterocycles. The molecule has 162 valence electrons. The molecule has 3 rings (SSSR count). The van der Waals surface area contributed by atoms with Gasteiger partial charge in [-0.05, 0) is 6.92 Å². The summed E-state index contributed by atoms with van der Waals surface area (Å²) < 4.78 is 22.3. The second-order valence-corrected chi connectivity index (χ2v) is 7.85. The number of amides is 1. The fourth-order valence-electron chi connectivity index (χ4n) is 3.09. The SMILES string of the molecule is C[C@@]1(O)[C@H](O)[C@@H](COP(=O)(O)O)O[C@H]1n1cc(C#CC(=O)NN)c2c(N)ncnc21. The van der Waals surface area contributed by atoms with Crippen LogP contribution in [0.2, 0.25) is 0 Å². The second-order valence-electron chi connectivity index (χ2n) is 6.61. The van der Waals surface area contributed by atoms with Crippen LogP contribution in [0.1, 0.15) is 18.7 Å². The van der Waals surface area contributed by atoms with Crippen LogP contribution >= 0.6 is 7.82 Å². The Labute approximate surface area is 169 Å². The zero-order chi connectivity index (χ0) is 22.3. The van der Waals surface area contributed by atoms with Crippen molar-refractivity contribution in [3.63, 3.8) is 0 Å². The van der Waals surface area contributed by atoms with E-state index in [-0.39, 0.29) is 22.4 Å². The number of hydrogen-bond acceptors (Lipinski definition) is 10. The molecule has 14 nitrogen and oxygen atoms in total. The van der Waals surface area contributed by atoms with Crippen LogP contribution in [0, 0.1) is 11.8 Å². The Morgan fingerprint density at radius 1 is 1.50 bits per heavy atom. The number of ether oxygens (including phenoxy) is 1. The monoisotopic (exact) mass is 442 g/mol. The third kappa shape index (κ3) is 4.15. The number of hydrazine groups is 1. The smallest absolute Gasteiger partial charge is 0.387 e. The van der Waals surface area contributed by atoms with Crippen molar-refractivity contribution in [2.24, 2.45) is 5.84 Å². The zero-order valence-electron chi connectivity index (χ0n) is 15.5. The van der Waals surface area contributed by atoms with Crippen LogP contribution in [0.5, 0.6) is 0 Å². The van der Waals surface area contributed by atoms with E-state index in [4.69, 9.17) is 26.1 Å². The molecule has 0 aromatic carbocycles. The molecule has 9 N–H and O–H groups in total. The number of nitrogens with zero attached hydrogens (tertiary/aromatic N) is 3. The lowest BCUT2D eigenvalue weighted by atomic mass is 9.96. The highest BCUT2D eigenvalue weighted by Crippen LogP contribution is 2.43. The first-order valence-corrected chi connectivity index (χ1v) is 9.88. The summed E-state index contributed by atoms with van der Waals surface area (Å²) in [6.45, 7) is 0.584. The van der Waals surface area contributed by atoms with E-state index in [0.29, 0.717) is 0 Å². The predicted octanol–water partition coefficient (Wildman–Crippen LogP) is -2.53. The number of anilines is 1. The largest absolute Gasteiger partial charge is 0.469 e. The molecule has 0 saturated carbocycles. The molecule has 1 saturated heterocycles. The Morgan fingerprint density at radius 3 is 2.83 bits per heavy atom. The number of carbonyl (C=O) groups excluding carboxylic acids is 1. The van der Waals surface area contributed by atoms with Gasteiger partial charge in [-0.25, -0.2) is 20.4 Å². The minimum atomic E-state index is -4.82. The lowest BCUT2D eigenvalue weighted by Crippen LogP contribution is -2.44. The van der Waals surface area contributed by atoms with Crippen LogP contribution in [0.15, 0.2) is 12.5 Å². The molecular weight excluding hydrogens is 423 g/mol. The van der Waals surface area contributed by atoms with Crippen molar-refractivity contribution in [3.8, 4) is 11.8 Å². The van der Waals surface area contributed by atoms with Crippen molar-refractivity contribution in [1.82, 2.24) is 20.0 Å². The molecule has 1 aliphatic rings. The predicted molar refractivity (Wildman–Crippen MR) is 99.7 cm³/mol. The molecule has 0 unspecified atom stereocenters. The standard InChI is InChI=1S/C15H19N6O8P/c1-15(24)11(23)8(5-28-30(25,26)27)29-14(15)21-4-7(2-3-9(22)20-17)10-12(16)18-6-19-13(10)21/h4,6,8,11,14,23-24H,5,17H2,1H3,(H,20,22)(H2,16,18,19)(H2,25,26,27)/t8-,11-,14-,15-/m1/s1. The Hall–Kier alpha value is -2.60. The Bertz CT molecular complexity index is 1090. The molecule has 1 amide bonds. The minimum absolute atomic E-state index is 0.0378. The number of rotatable bonds is 4. The number of nitrogens with two attached hydrogens (primary N) is 2. The van der Waals surface area contributed by atoms with Gasteiger partial charge < -0.3 is 35.0 Å². The summed E-state index contributed by atoms with van der Waals surface area (Å²) in [5, 5.41) is 21.5. The van der Waals surface area contributed by atoms with E-state index < -0.39 is 44.4 Å². The van der Waals surface area contributed by atoms with E-state index in [1.165, 1.54) is 17.7 Å². The van der Waals surface area contributed by atoms with Gasteiger partial charge >= 0.3 is 13.7 Å². The van der Waals surface area contributed by atoms with Gasteiger partial charge in [-0.15, -0.1) is 0 Å². The second kappa shape index (κ2) is 7.91. The summed E-state index contributed by atoms with van der Waals surface area (Å²) in [6.07, 6.45) is -1.57. The van der Waals surface area contributed by atoms with Crippen LogP contribution in [0.4, 0.5) is 5.82 Å². The molecule has 2 aromatic heterocycles. The van der Waals surface area contributed by atoms with Gasteiger partial charge in [0, 0.05) is 12.1 Å². The quantitative estimate of drug-likeness (QED) is 0.0855. The highest BCUT2D eigenvalue weighted by Gasteiger charge is 2.54. The molecular formula is C15H19N6O8P. The third-order valence-electron chi connectivity index (χ3n) is 4.49. The molecule has 30 heavy (non-hydrogen) atoms. The summed E-state index contributed by atoms with van der Waals surface area (Å²) in [7, 11) is -4.82. The van der Waals surface area contributed by atoms with E-state index in [1.54, 1.807) is 0 Å². The van der Waals surface area contributed by atoms with Crippen molar-refractivity contribution >= 4 is 30.6 Å². The first-order chi connectivity index (χ1) is 14.0. The number of nitrogen functional groups attached to an aromatic ring is 1. The number of aliphatic hydroxyl groups is 2. The van der Waals surface area contributed by atoms with Gasteiger partial charge in [-0.1, -0.05) is 5.92 Å². The molecule has 1 aliphatic heterocycles. The fraction of sp³-hybridized carbons (Fsp3) is 0.400. The van der Waals surface area contributed by atoms with E-state index in [2.05, 4.69) is 26.3 Å². The van der Waals surface area contributed by atoms with E-state index in [9.17, 15) is 19.6 Å². The molecule has 0 radical (unpaired) electrons. The summed E-state index contributed by atoms with van der Waals surface area (Å²) in [5.74, 6) is 9.08. The first-order valence-electron chi connectivity index (χ1n) is 8.35. The topological polar surface area (TPSA) is 228 Å². The van der Waals surface area contributed by atoms with Gasteiger partial charge in [0.2, 0.25) is 0 Å². The highest BCUT2D eigenvalue weighted by molar-refractivity contribution is 7.46. The van der Waals surface area contributed by atoms with E-state index >= 15 is 0 Å². The normalized spacial score (nSPS) is 26.4. The van der Waals surface area contributed by atoms with Gasteiger partial charge in [-0.3, -0.25) is 14.7 Å². The van der Waals surface area contributed by atoms with Crippen LogP contribution in [0.25, 0.3) is 11.0 Å². The zero-order valence-corrected chi connectivity index (χ0v) is 16.4. The maximum absolute atomic E-state index is 11.4. The maximum Gasteiger partial charge on any atom is 0.469 e. The first kappa shape index (κ1) is 22.1. The fourth-order valence-corrected chi connectivity index (χ4v) is 3.43. The maximum atomic E-state index is 11.4. The average Bonchev–Trinajstić information content (AvgIpc) is 3.14. The van der Waals surface area contributed by atoms with Gasteiger partial charge in [0.25, 0.3) is 0 Å². The van der Waals surface area contributed by atoms with Crippen LogP contribution in [0.3, 0.4) is 0 Å². The lowest BCUT2D eigenvalue weighted by molar-refractivity contribution is -0.115. The summed E-state index contributed by atoms with van der Waals surface area (Å²) >= 11 is 0. The van der Waals surface area contributed by atoms with Crippen LogP contribution < -0.4 is 17.0 Å². The Kier molecular flexibility index (Phi) is 5.83. The van der Waals surface area contributed by atoms with Crippen LogP contribution in [-0.2, 0) is 18.6 Å². The van der Waals surface area contributed by atoms with Crippen molar-refractivity contribution in [1.29, 1.82) is 0 Å². The van der Waals surface area contributed by atoms with Gasteiger partial charge in [0.05, 0.1) is 17.6 Å². The Morgan fingerprint density at radius 2 is 2.20 bits per heavy atom. The number of phosphoric acid groups is 1. The number of aliphatic hydroxyl groups excluding tert-OH is 1. The number of fused-ring (bicyclic) bond motifs is 1.